The van der Waals surface area contributed by atoms with Crippen molar-refractivity contribution >= 4 is 40.7 Å². The van der Waals surface area contributed by atoms with E-state index in [9.17, 15) is 0 Å². The van der Waals surface area contributed by atoms with Crippen molar-refractivity contribution in [3.05, 3.63) is 28.0 Å². The molecule has 0 bridgehead atoms. The summed E-state index contributed by atoms with van der Waals surface area (Å²) in [6.07, 6.45) is 0. The van der Waals surface area contributed by atoms with Crippen molar-refractivity contribution in [3.8, 4) is 0 Å². The van der Waals surface area contributed by atoms with Crippen LogP contribution in [0.5, 0.6) is 0 Å². The zero-order valence-electron chi connectivity index (χ0n) is 6.58. The zero-order chi connectivity index (χ0) is 7.56. The van der Waals surface area contributed by atoms with Gasteiger partial charge in [-0.25, -0.2) is 4.98 Å². The molecule has 2 nitrogen and oxygen atoms in total. The highest BCUT2D eigenvalue weighted by Crippen LogP contribution is 2.12. The fourth-order valence-electron chi connectivity index (χ4n) is 0.655. The third-order valence-electron chi connectivity index (χ3n) is 1.30. The van der Waals surface area contributed by atoms with E-state index >= 15 is 0 Å². The lowest BCUT2D eigenvalue weighted by Crippen LogP contribution is -1.99. The van der Waals surface area contributed by atoms with E-state index in [1.807, 2.05) is 19.1 Å². The molecule has 5 heteroatoms. The summed E-state index contributed by atoms with van der Waals surface area (Å²) in [5.74, 6) is 0. The maximum Gasteiger partial charge on any atom is 0.109 e. The van der Waals surface area contributed by atoms with Crippen LogP contribution in [0, 0.1) is 6.92 Å². The van der Waals surface area contributed by atoms with Gasteiger partial charge >= 0.3 is 0 Å². The Kier molecular flexibility index (Phi) is 8.15. The van der Waals surface area contributed by atoms with E-state index in [0.29, 0.717) is 6.54 Å². The van der Waals surface area contributed by atoms with Crippen LogP contribution in [0.25, 0.3) is 0 Å². The molecule has 12 heavy (non-hydrogen) atoms. The number of nitrogens with zero attached hydrogens (tertiary/aromatic N) is 1. The van der Waals surface area contributed by atoms with Crippen molar-refractivity contribution in [3.63, 3.8) is 0 Å². The molecule has 2 N–H and O–H groups in total. The first-order valence-corrected chi connectivity index (χ1v) is 3.85. The Hall–Kier alpha value is 0.170. The van der Waals surface area contributed by atoms with Crippen molar-refractivity contribution in [2.24, 2.45) is 5.73 Å². The van der Waals surface area contributed by atoms with Crippen molar-refractivity contribution in [2.45, 2.75) is 13.5 Å². The summed E-state index contributed by atoms with van der Waals surface area (Å²) in [6.45, 7) is 2.50. The van der Waals surface area contributed by atoms with Gasteiger partial charge in [0.2, 0.25) is 0 Å². The van der Waals surface area contributed by atoms with Gasteiger partial charge in [0, 0.05) is 6.54 Å². The lowest BCUT2D eigenvalue weighted by atomic mass is 10.3. The molecular formula is C7H11BrCl2N2. The first-order valence-electron chi connectivity index (χ1n) is 3.06. The highest BCUT2D eigenvalue weighted by atomic mass is 79.9. The standard InChI is InChI=1S/C7H9BrN2.2ClH/c1-5-2-3-6(4-9)10-7(5)8;;/h2-3H,4,9H2,1H3;2*1H. The molecule has 0 unspecified atom stereocenters. The van der Waals surface area contributed by atoms with Crippen molar-refractivity contribution < 1.29 is 0 Å². The number of nitrogens with two attached hydrogens (primary N) is 1. The molecule has 0 amide bonds. The molecule has 0 aliphatic rings. The third-order valence-corrected chi connectivity index (χ3v) is 2.10. The van der Waals surface area contributed by atoms with E-state index in [0.717, 1.165) is 15.9 Å². The lowest BCUT2D eigenvalue weighted by Gasteiger charge is -1.98. The molecule has 0 spiro atoms. The number of aromatic nitrogens is 1. The highest BCUT2D eigenvalue weighted by molar-refractivity contribution is 9.10. The topological polar surface area (TPSA) is 38.9 Å². The fourth-order valence-corrected chi connectivity index (χ4v) is 1.02. The number of halogens is 3. The molecule has 0 radical (unpaired) electrons. The first-order chi connectivity index (χ1) is 4.74. The van der Waals surface area contributed by atoms with Crippen LogP contribution in [0.15, 0.2) is 16.7 Å². The SMILES string of the molecule is Cc1ccc(CN)nc1Br.Cl.Cl. The summed E-state index contributed by atoms with van der Waals surface area (Å²) in [5.41, 5.74) is 7.44. The molecule has 0 atom stereocenters. The molecule has 0 fully saturated rings. The van der Waals surface area contributed by atoms with Crippen molar-refractivity contribution in [1.82, 2.24) is 4.98 Å². The van der Waals surface area contributed by atoms with Gasteiger partial charge in [-0.1, -0.05) is 6.07 Å². The van der Waals surface area contributed by atoms with E-state index in [1.165, 1.54) is 0 Å². The second-order valence-corrected chi connectivity index (χ2v) is 2.87. The Bertz CT molecular complexity index is 243. The molecule has 0 aliphatic carbocycles. The predicted octanol–water partition coefficient (Wildman–Crippen LogP) is 2.45. The van der Waals surface area contributed by atoms with Gasteiger partial charge in [-0.15, -0.1) is 24.8 Å². The van der Waals surface area contributed by atoms with Gasteiger partial charge in [-0.2, -0.15) is 0 Å². The van der Waals surface area contributed by atoms with E-state index < -0.39 is 0 Å². The van der Waals surface area contributed by atoms with Crippen LogP contribution in [0.4, 0.5) is 0 Å². The third kappa shape index (κ3) is 3.72. The lowest BCUT2D eigenvalue weighted by molar-refractivity contribution is 0.972. The van der Waals surface area contributed by atoms with Gasteiger partial charge in [0.15, 0.2) is 0 Å². The molecule has 70 valence electrons. The van der Waals surface area contributed by atoms with E-state index in [-0.39, 0.29) is 24.8 Å². The Morgan fingerprint density at radius 3 is 2.42 bits per heavy atom. The molecule has 1 heterocycles. The Morgan fingerprint density at radius 2 is 2.00 bits per heavy atom. The summed E-state index contributed by atoms with van der Waals surface area (Å²) in [4.78, 5) is 4.18. The largest absolute Gasteiger partial charge is 0.325 e. The Labute approximate surface area is 92.9 Å². The summed E-state index contributed by atoms with van der Waals surface area (Å²) >= 11 is 3.32. The molecule has 1 aromatic rings. The molecule has 1 aromatic heterocycles. The smallest absolute Gasteiger partial charge is 0.109 e. The summed E-state index contributed by atoms with van der Waals surface area (Å²) < 4.78 is 0.885. The maximum atomic E-state index is 5.39. The van der Waals surface area contributed by atoms with Crippen LogP contribution in [0.2, 0.25) is 0 Å². The number of hydrogen-bond donors (Lipinski definition) is 1. The van der Waals surface area contributed by atoms with Crippen LogP contribution in [0.1, 0.15) is 11.3 Å². The molecule has 1 rings (SSSR count). The van der Waals surface area contributed by atoms with Gasteiger partial charge < -0.3 is 5.73 Å². The van der Waals surface area contributed by atoms with Gasteiger partial charge in [-0.3, -0.25) is 0 Å². The van der Waals surface area contributed by atoms with E-state index in [1.54, 1.807) is 0 Å². The highest BCUT2D eigenvalue weighted by Gasteiger charge is 1.95. The maximum absolute atomic E-state index is 5.39. The predicted molar refractivity (Wildman–Crippen MR) is 59.1 cm³/mol. The number of pyridine rings is 1. The Balaban J connectivity index is 0. The normalized spacial score (nSPS) is 8.25. The monoisotopic (exact) mass is 272 g/mol. The minimum absolute atomic E-state index is 0. The minimum atomic E-state index is 0. The van der Waals surface area contributed by atoms with Crippen LogP contribution < -0.4 is 5.73 Å². The summed E-state index contributed by atoms with van der Waals surface area (Å²) in [6, 6.07) is 3.93. The quantitative estimate of drug-likeness (QED) is 0.799. The van der Waals surface area contributed by atoms with Crippen molar-refractivity contribution in [1.29, 1.82) is 0 Å². The second-order valence-electron chi connectivity index (χ2n) is 2.11. The average molecular weight is 274 g/mol. The number of rotatable bonds is 1. The van der Waals surface area contributed by atoms with E-state index in [4.69, 9.17) is 5.73 Å². The fraction of sp³-hybridized carbons (Fsp3) is 0.286. The van der Waals surface area contributed by atoms with Gasteiger partial charge in [0.25, 0.3) is 0 Å². The Morgan fingerprint density at radius 1 is 1.42 bits per heavy atom. The van der Waals surface area contributed by atoms with Crippen LogP contribution in [-0.2, 0) is 6.54 Å². The average Bonchev–Trinajstić information content (AvgIpc) is 1.95. The molecule has 0 aliphatic heterocycles. The molecule has 0 saturated carbocycles. The first kappa shape index (κ1) is 14.7. The van der Waals surface area contributed by atoms with E-state index in [2.05, 4.69) is 20.9 Å². The number of aryl methyl sites for hydroxylation is 1. The van der Waals surface area contributed by atoms with Crippen LogP contribution in [-0.4, -0.2) is 4.98 Å². The van der Waals surface area contributed by atoms with Gasteiger partial charge in [0.05, 0.1) is 5.69 Å². The molecular weight excluding hydrogens is 263 g/mol. The van der Waals surface area contributed by atoms with Gasteiger partial charge in [-0.05, 0) is 34.5 Å². The summed E-state index contributed by atoms with van der Waals surface area (Å²) in [5, 5.41) is 0. The minimum Gasteiger partial charge on any atom is -0.325 e. The van der Waals surface area contributed by atoms with Crippen LogP contribution >= 0.6 is 40.7 Å². The summed E-state index contributed by atoms with van der Waals surface area (Å²) in [7, 11) is 0. The van der Waals surface area contributed by atoms with Gasteiger partial charge in [0.1, 0.15) is 4.60 Å². The number of hydrogen-bond acceptors (Lipinski definition) is 2. The van der Waals surface area contributed by atoms with Crippen LogP contribution in [0.3, 0.4) is 0 Å². The molecule has 0 aromatic carbocycles. The molecule has 0 saturated heterocycles. The zero-order valence-corrected chi connectivity index (χ0v) is 9.80. The van der Waals surface area contributed by atoms with Crippen molar-refractivity contribution in [2.75, 3.05) is 0 Å². The second kappa shape index (κ2) is 6.66.